The van der Waals surface area contributed by atoms with E-state index in [2.05, 4.69) is 37.9 Å². The molecule has 6 nitrogen and oxygen atoms in total. The fraction of sp³-hybridized carbons (Fsp3) is 0.524. The average molecular weight is 398 g/mol. The summed E-state index contributed by atoms with van der Waals surface area (Å²) in [5.41, 5.74) is 1.74. The van der Waals surface area contributed by atoms with Gasteiger partial charge < -0.3 is 4.90 Å². The second-order valence-electron chi connectivity index (χ2n) is 8.32. The first kappa shape index (κ1) is 19.2. The van der Waals surface area contributed by atoms with E-state index in [-0.39, 0.29) is 11.8 Å². The predicted octanol–water partition coefficient (Wildman–Crippen LogP) is 4.00. The molecule has 2 atom stereocenters. The summed E-state index contributed by atoms with van der Waals surface area (Å²) in [6.07, 6.45) is 1.20. The number of thioether (sulfide) groups is 1. The molecule has 1 fully saturated rings. The van der Waals surface area contributed by atoms with Crippen LogP contribution >= 0.6 is 11.8 Å². The molecule has 0 saturated carbocycles. The van der Waals surface area contributed by atoms with E-state index < -0.39 is 0 Å². The Bertz CT molecular complexity index is 1000. The molecule has 1 amide bonds. The molecule has 148 valence electrons. The van der Waals surface area contributed by atoms with Crippen molar-refractivity contribution in [3.8, 4) is 0 Å². The summed E-state index contributed by atoms with van der Waals surface area (Å²) in [4.78, 5) is 19.6. The van der Waals surface area contributed by atoms with E-state index in [9.17, 15) is 4.79 Å². The smallest absolute Gasteiger partial charge is 0.233 e. The van der Waals surface area contributed by atoms with Crippen LogP contribution in [0.2, 0.25) is 0 Å². The zero-order chi connectivity index (χ0) is 19.8. The van der Waals surface area contributed by atoms with Crippen molar-refractivity contribution in [1.29, 1.82) is 0 Å². The minimum atomic E-state index is 0.181. The van der Waals surface area contributed by atoms with Crippen molar-refractivity contribution in [3.05, 3.63) is 30.1 Å². The quantitative estimate of drug-likeness (QED) is 0.623. The summed E-state index contributed by atoms with van der Waals surface area (Å²) >= 11 is 1.46. The third-order valence-corrected chi connectivity index (χ3v) is 6.22. The third kappa shape index (κ3) is 3.60. The number of amides is 1. The summed E-state index contributed by atoms with van der Waals surface area (Å²) < 4.78 is 2.02. The van der Waals surface area contributed by atoms with Crippen LogP contribution in [0.3, 0.4) is 0 Å². The van der Waals surface area contributed by atoms with Crippen LogP contribution in [0, 0.1) is 11.8 Å². The summed E-state index contributed by atoms with van der Waals surface area (Å²) in [7, 11) is 0. The first-order valence-corrected chi connectivity index (χ1v) is 11.0. The van der Waals surface area contributed by atoms with Gasteiger partial charge in [-0.05, 0) is 30.4 Å². The molecule has 7 heteroatoms. The molecule has 0 unspecified atom stereocenters. The van der Waals surface area contributed by atoms with Gasteiger partial charge in [-0.15, -0.1) is 10.2 Å². The Hall–Kier alpha value is -2.15. The van der Waals surface area contributed by atoms with E-state index in [1.807, 2.05) is 33.6 Å². The van der Waals surface area contributed by atoms with Gasteiger partial charge in [-0.25, -0.2) is 4.98 Å². The summed E-state index contributed by atoms with van der Waals surface area (Å²) in [5.74, 6) is 2.84. The van der Waals surface area contributed by atoms with Gasteiger partial charge in [0.2, 0.25) is 5.91 Å². The van der Waals surface area contributed by atoms with Crippen LogP contribution < -0.4 is 0 Å². The number of rotatable bonds is 4. The lowest BCUT2D eigenvalue weighted by Gasteiger charge is -2.34. The van der Waals surface area contributed by atoms with Crippen molar-refractivity contribution in [2.45, 2.75) is 45.2 Å². The zero-order valence-electron chi connectivity index (χ0n) is 16.9. The van der Waals surface area contributed by atoms with Gasteiger partial charge >= 0.3 is 0 Å². The predicted molar refractivity (Wildman–Crippen MR) is 113 cm³/mol. The van der Waals surface area contributed by atoms with Gasteiger partial charge in [0.05, 0.1) is 11.3 Å². The highest BCUT2D eigenvalue weighted by Gasteiger charge is 2.26. The van der Waals surface area contributed by atoms with Gasteiger partial charge in [0, 0.05) is 24.4 Å². The van der Waals surface area contributed by atoms with Crippen molar-refractivity contribution in [2.75, 3.05) is 18.8 Å². The molecule has 4 rings (SSSR count). The summed E-state index contributed by atoms with van der Waals surface area (Å²) in [5, 5.41) is 10.6. The number of aromatic nitrogens is 4. The number of carbonyl (C=O) groups is 1. The maximum Gasteiger partial charge on any atom is 0.233 e. The fourth-order valence-electron chi connectivity index (χ4n) is 4.15. The maximum atomic E-state index is 12.8. The van der Waals surface area contributed by atoms with Crippen molar-refractivity contribution in [1.82, 2.24) is 24.5 Å². The number of fused-ring (bicyclic) bond motifs is 3. The highest BCUT2D eigenvalue weighted by molar-refractivity contribution is 7.99. The molecule has 0 bridgehead atoms. The van der Waals surface area contributed by atoms with Crippen LogP contribution in [0.5, 0.6) is 0 Å². The SMILES string of the molecule is CC(C)c1nc2ccccc2c2nnc(SCC(=O)N3C[C@@H](C)C[C@H](C)C3)n12. The Labute approximate surface area is 169 Å². The molecule has 0 N–H and O–H groups in total. The number of piperidine rings is 1. The Kier molecular flexibility index (Phi) is 5.27. The van der Waals surface area contributed by atoms with E-state index in [1.54, 1.807) is 0 Å². The van der Waals surface area contributed by atoms with E-state index >= 15 is 0 Å². The number of nitrogens with zero attached hydrogens (tertiary/aromatic N) is 5. The monoisotopic (exact) mass is 397 g/mol. The normalized spacial score (nSPS) is 20.4. The largest absolute Gasteiger partial charge is 0.341 e. The molecule has 0 spiro atoms. The minimum Gasteiger partial charge on any atom is -0.341 e. The molecule has 0 aliphatic carbocycles. The molecule has 1 saturated heterocycles. The van der Waals surface area contributed by atoms with Crippen molar-refractivity contribution in [2.24, 2.45) is 11.8 Å². The Balaban J connectivity index is 1.62. The average Bonchev–Trinajstić information content (AvgIpc) is 3.08. The molecule has 3 aromatic rings. The number of para-hydroxylation sites is 1. The highest BCUT2D eigenvalue weighted by atomic mass is 32.2. The van der Waals surface area contributed by atoms with Crippen molar-refractivity contribution >= 4 is 34.2 Å². The first-order valence-electron chi connectivity index (χ1n) is 9.98. The standard InChI is InChI=1S/C21H27N5OS/c1-13(2)19-22-17-8-6-5-7-16(17)20-23-24-21(26(19)20)28-12-18(27)25-10-14(3)9-15(4)11-25/h5-8,13-15H,9-12H2,1-4H3/t14-,15-/m0/s1. The number of hydrogen-bond acceptors (Lipinski definition) is 5. The lowest BCUT2D eigenvalue weighted by atomic mass is 9.92. The van der Waals surface area contributed by atoms with Gasteiger partial charge in [-0.1, -0.05) is 51.6 Å². The van der Waals surface area contributed by atoms with Gasteiger partial charge in [-0.3, -0.25) is 9.20 Å². The number of benzene rings is 1. The lowest BCUT2D eigenvalue weighted by molar-refractivity contribution is -0.130. The number of carbonyl (C=O) groups excluding carboxylic acids is 1. The molecule has 3 heterocycles. The van der Waals surface area contributed by atoms with Gasteiger partial charge in [0.15, 0.2) is 10.8 Å². The van der Waals surface area contributed by atoms with Gasteiger partial charge in [0.25, 0.3) is 0 Å². The molecule has 1 aliphatic heterocycles. The van der Waals surface area contributed by atoms with E-state index in [4.69, 9.17) is 4.98 Å². The third-order valence-electron chi connectivity index (χ3n) is 5.31. The van der Waals surface area contributed by atoms with Crippen LogP contribution in [0.25, 0.3) is 16.6 Å². The Morgan fingerprint density at radius 3 is 2.61 bits per heavy atom. The van der Waals surface area contributed by atoms with E-state index in [0.717, 1.165) is 40.6 Å². The second kappa shape index (κ2) is 7.70. The Morgan fingerprint density at radius 1 is 1.18 bits per heavy atom. The van der Waals surface area contributed by atoms with Crippen molar-refractivity contribution < 1.29 is 4.79 Å². The molecule has 1 aromatic carbocycles. The Morgan fingerprint density at radius 2 is 1.89 bits per heavy atom. The first-order chi connectivity index (χ1) is 13.4. The topological polar surface area (TPSA) is 63.4 Å². The van der Waals surface area contributed by atoms with Crippen LogP contribution in [0.1, 0.15) is 45.9 Å². The van der Waals surface area contributed by atoms with Gasteiger partial charge in [0.1, 0.15) is 5.82 Å². The van der Waals surface area contributed by atoms with Crippen LogP contribution in [0.15, 0.2) is 29.4 Å². The zero-order valence-corrected chi connectivity index (χ0v) is 17.7. The highest BCUT2D eigenvalue weighted by Crippen LogP contribution is 2.28. The number of likely N-dealkylation sites (tertiary alicyclic amines) is 1. The van der Waals surface area contributed by atoms with Crippen LogP contribution in [-0.2, 0) is 4.79 Å². The molecule has 28 heavy (non-hydrogen) atoms. The molecule has 1 aliphatic rings. The molecule has 0 radical (unpaired) electrons. The summed E-state index contributed by atoms with van der Waals surface area (Å²) in [6.45, 7) is 10.4. The van der Waals surface area contributed by atoms with Crippen LogP contribution in [-0.4, -0.2) is 49.2 Å². The fourth-order valence-corrected chi connectivity index (χ4v) is 4.99. The van der Waals surface area contributed by atoms with E-state index in [1.165, 1.54) is 18.2 Å². The van der Waals surface area contributed by atoms with Crippen LogP contribution in [0.4, 0.5) is 0 Å². The van der Waals surface area contributed by atoms with Gasteiger partial charge in [-0.2, -0.15) is 0 Å². The lowest BCUT2D eigenvalue weighted by Crippen LogP contribution is -2.43. The second-order valence-corrected chi connectivity index (χ2v) is 9.26. The molecular weight excluding hydrogens is 370 g/mol. The van der Waals surface area contributed by atoms with E-state index in [0.29, 0.717) is 17.6 Å². The molecule has 2 aromatic heterocycles. The summed E-state index contributed by atoms with van der Waals surface area (Å²) in [6, 6.07) is 8.00. The number of hydrogen-bond donors (Lipinski definition) is 0. The molecular formula is C21H27N5OS. The minimum absolute atomic E-state index is 0.181. The van der Waals surface area contributed by atoms with Crippen molar-refractivity contribution in [3.63, 3.8) is 0 Å². The maximum absolute atomic E-state index is 12.8.